The van der Waals surface area contributed by atoms with E-state index < -0.39 is 12.0 Å². The Hall–Kier alpha value is -0.650. The summed E-state index contributed by atoms with van der Waals surface area (Å²) in [7, 11) is 1.71. The van der Waals surface area contributed by atoms with E-state index in [1.807, 2.05) is 0 Å². The quantitative estimate of drug-likeness (QED) is 0.679. The number of rotatable bonds is 6. The molecule has 0 saturated carbocycles. The van der Waals surface area contributed by atoms with E-state index in [2.05, 4.69) is 4.90 Å². The van der Waals surface area contributed by atoms with Crippen molar-refractivity contribution >= 4 is 5.97 Å². The molecule has 0 bridgehead atoms. The number of piperidine rings is 1. The Bertz CT molecular complexity index is 215. The summed E-state index contributed by atoms with van der Waals surface area (Å²) in [5, 5.41) is 8.73. The minimum atomic E-state index is -0.887. The fraction of sp³-hybridized carbons (Fsp3) is 0.909. The molecule has 1 heterocycles. The minimum Gasteiger partial charge on any atom is -0.480 e. The highest BCUT2D eigenvalue weighted by Gasteiger charge is 2.23. The van der Waals surface area contributed by atoms with E-state index in [1.165, 1.54) is 0 Å². The van der Waals surface area contributed by atoms with Crippen LogP contribution in [-0.2, 0) is 9.53 Å². The van der Waals surface area contributed by atoms with Gasteiger partial charge in [-0.15, -0.1) is 0 Å². The summed E-state index contributed by atoms with van der Waals surface area (Å²) in [6, 6.07) is -0.699. The van der Waals surface area contributed by atoms with Crippen LogP contribution in [0.2, 0.25) is 0 Å². The maximum Gasteiger partial charge on any atom is 0.320 e. The van der Waals surface area contributed by atoms with Gasteiger partial charge in [0.15, 0.2) is 0 Å². The van der Waals surface area contributed by atoms with Crippen molar-refractivity contribution in [3.63, 3.8) is 0 Å². The normalized spacial score (nSPS) is 20.9. The first-order chi connectivity index (χ1) is 7.63. The number of carboxylic acids is 1. The Balaban J connectivity index is 2.19. The molecule has 1 fully saturated rings. The molecule has 1 aliphatic rings. The molecule has 16 heavy (non-hydrogen) atoms. The molecule has 0 unspecified atom stereocenters. The zero-order valence-corrected chi connectivity index (χ0v) is 9.89. The van der Waals surface area contributed by atoms with Gasteiger partial charge in [-0.3, -0.25) is 4.79 Å². The van der Waals surface area contributed by atoms with Crippen molar-refractivity contribution in [1.82, 2.24) is 4.90 Å². The lowest BCUT2D eigenvalue weighted by molar-refractivity contribution is -0.139. The summed E-state index contributed by atoms with van der Waals surface area (Å²) in [5.41, 5.74) is 5.53. The Morgan fingerprint density at radius 1 is 1.56 bits per heavy atom. The van der Waals surface area contributed by atoms with Crippen molar-refractivity contribution in [2.24, 2.45) is 11.7 Å². The van der Waals surface area contributed by atoms with Crippen LogP contribution in [-0.4, -0.2) is 55.4 Å². The van der Waals surface area contributed by atoms with E-state index >= 15 is 0 Å². The number of ether oxygens (including phenoxy) is 1. The molecule has 0 aliphatic carbocycles. The van der Waals surface area contributed by atoms with Crippen LogP contribution in [0.3, 0.4) is 0 Å². The van der Waals surface area contributed by atoms with Crippen LogP contribution in [0.1, 0.15) is 19.3 Å². The maximum atomic E-state index is 10.6. The van der Waals surface area contributed by atoms with Crippen LogP contribution < -0.4 is 5.73 Å². The summed E-state index contributed by atoms with van der Waals surface area (Å²) in [4.78, 5) is 13.0. The summed E-state index contributed by atoms with van der Waals surface area (Å²) in [5.74, 6) is -0.424. The fourth-order valence-electron chi connectivity index (χ4n) is 2.13. The fourth-order valence-corrected chi connectivity index (χ4v) is 2.13. The average Bonchev–Trinajstić information content (AvgIpc) is 2.28. The standard InChI is InChI=1S/C11H22N2O3/c1-16-7-6-13-4-2-9(3-5-13)8-10(12)11(14)15/h9-10H,2-8,12H2,1H3,(H,14,15)/t10-/m0/s1. The largest absolute Gasteiger partial charge is 0.480 e. The Labute approximate surface area is 96.6 Å². The number of methoxy groups -OCH3 is 1. The van der Waals surface area contributed by atoms with Crippen molar-refractivity contribution in [1.29, 1.82) is 0 Å². The number of nitrogens with zero attached hydrogens (tertiary/aromatic N) is 1. The van der Waals surface area contributed by atoms with Crippen molar-refractivity contribution in [3.05, 3.63) is 0 Å². The lowest BCUT2D eigenvalue weighted by atomic mass is 9.90. The first-order valence-corrected chi connectivity index (χ1v) is 5.83. The van der Waals surface area contributed by atoms with Crippen LogP contribution in [0.15, 0.2) is 0 Å². The SMILES string of the molecule is COCCN1CCC(C[C@H](N)C(=O)O)CC1. The molecule has 0 amide bonds. The van der Waals surface area contributed by atoms with Gasteiger partial charge in [0.2, 0.25) is 0 Å². The molecule has 5 nitrogen and oxygen atoms in total. The smallest absolute Gasteiger partial charge is 0.320 e. The summed E-state index contributed by atoms with van der Waals surface area (Å²) >= 11 is 0. The van der Waals surface area contributed by atoms with Gasteiger partial charge in [0, 0.05) is 13.7 Å². The predicted molar refractivity (Wildman–Crippen MR) is 61.3 cm³/mol. The Kier molecular flexibility index (Phi) is 5.73. The van der Waals surface area contributed by atoms with Crippen molar-refractivity contribution in [3.8, 4) is 0 Å². The van der Waals surface area contributed by atoms with Gasteiger partial charge in [0.1, 0.15) is 6.04 Å². The number of likely N-dealkylation sites (tertiary alicyclic amines) is 1. The van der Waals surface area contributed by atoms with Gasteiger partial charge < -0.3 is 20.5 Å². The highest BCUT2D eigenvalue weighted by molar-refractivity contribution is 5.73. The molecule has 1 atom stereocenters. The molecule has 1 rings (SSSR count). The van der Waals surface area contributed by atoms with Gasteiger partial charge in [-0.05, 0) is 38.3 Å². The highest BCUT2D eigenvalue weighted by Crippen LogP contribution is 2.21. The van der Waals surface area contributed by atoms with Gasteiger partial charge in [-0.2, -0.15) is 0 Å². The van der Waals surface area contributed by atoms with E-state index in [0.717, 1.165) is 39.1 Å². The van der Waals surface area contributed by atoms with Gasteiger partial charge in [-0.25, -0.2) is 0 Å². The minimum absolute atomic E-state index is 0.463. The second-order valence-corrected chi connectivity index (χ2v) is 4.46. The molecule has 1 aliphatic heterocycles. The molecule has 5 heteroatoms. The monoisotopic (exact) mass is 230 g/mol. The molecular formula is C11H22N2O3. The van der Waals surface area contributed by atoms with Gasteiger partial charge in [-0.1, -0.05) is 0 Å². The number of nitrogens with two attached hydrogens (primary N) is 1. The number of hydrogen-bond donors (Lipinski definition) is 2. The second kappa shape index (κ2) is 6.83. The number of carbonyl (C=O) groups is 1. The molecule has 0 aromatic heterocycles. The molecule has 3 N–H and O–H groups in total. The van der Waals surface area contributed by atoms with E-state index in [1.54, 1.807) is 7.11 Å². The van der Waals surface area contributed by atoms with Crippen LogP contribution in [0.4, 0.5) is 0 Å². The van der Waals surface area contributed by atoms with Crippen molar-refractivity contribution in [2.45, 2.75) is 25.3 Å². The second-order valence-electron chi connectivity index (χ2n) is 4.46. The third-order valence-corrected chi connectivity index (χ3v) is 3.22. The first kappa shape index (κ1) is 13.4. The zero-order chi connectivity index (χ0) is 12.0. The molecule has 0 aromatic carbocycles. The molecule has 1 saturated heterocycles. The van der Waals surface area contributed by atoms with Crippen molar-refractivity contribution < 1.29 is 14.6 Å². The molecule has 0 radical (unpaired) electrons. The van der Waals surface area contributed by atoms with E-state index in [-0.39, 0.29) is 0 Å². The van der Waals surface area contributed by atoms with Crippen molar-refractivity contribution in [2.75, 3.05) is 33.4 Å². The van der Waals surface area contributed by atoms with Crippen LogP contribution in [0.5, 0.6) is 0 Å². The molecule has 0 spiro atoms. The van der Waals surface area contributed by atoms with E-state index in [9.17, 15) is 4.79 Å². The van der Waals surface area contributed by atoms with Gasteiger partial charge in [0.25, 0.3) is 0 Å². The van der Waals surface area contributed by atoms with Crippen LogP contribution >= 0.6 is 0 Å². The highest BCUT2D eigenvalue weighted by atomic mass is 16.5. The lowest BCUT2D eigenvalue weighted by Crippen LogP contribution is -2.39. The predicted octanol–water partition coefficient (Wildman–Crippen LogP) is 0.147. The topological polar surface area (TPSA) is 75.8 Å². The maximum absolute atomic E-state index is 10.6. The Morgan fingerprint density at radius 2 is 2.19 bits per heavy atom. The van der Waals surface area contributed by atoms with E-state index in [4.69, 9.17) is 15.6 Å². The third-order valence-electron chi connectivity index (χ3n) is 3.22. The van der Waals surface area contributed by atoms with Crippen LogP contribution in [0, 0.1) is 5.92 Å². The van der Waals surface area contributed by atoms with Gasteiger partial charge in [0.05, 0.1) is 6.61 Å². The number of hydrogen-bond acceptors (Lipinski definition) is 4. The summed E-state index contributed by atoms with van der Waals surface area (Å²) < 4.78 is 5.03. The molecule has 94 valence electrons. The molecular weight excluding hydrogens is 208 g/mol. The van der Waals surface area contributed by atoms with E-state index in [0.29, 0.717) is 12.3 Å². The number of carboxylic acid groups (broad SMARTS) is 1. The number of aliphatic carboxylic acids is 1. The Morgan fingerprint density at radius 3 is 2.69 bits per heavy atom. The van der Waals surface area contributed by atoms with Crippen LogP contribution in [0.25, 0.3) is 0 Å². The summed E-state index contributed by atoms with van der Waals surface area (Å²) in [6.45, 7) is 3.79. The van der Waals surface area contributed by atoms with Gasteiger partial charge >= 0.3 is 5.97 Å². The lowest BCUT2D eigenvalue weighted by Gasteiger charge is -2.32. The average molecular weight is 230 g/mol. The molecule has 0 aromatic rings. The zero-order valence-electron chi connectivity index (χ0n) is 9.89. The third kappa shape index (κ3) is 4.47. The first-order valence-electron chi connectivity index (χ1n) is 5.83. The summed E-state index contributed by atoms with van der Waals surface area (Å²) in [6.07, 6.45) is 2.70.